The van der Waals surface area contributed by atoms with Crippen LogP contribution >= 0.6 is 7.82 Å². The van der Waals surface area contributed by atoms with Gasteiger partial charge in [0.1, 0.15) is 13.2 Å². The van der Waals surface area contributed by atoms with Crippen molar-refractivity contribution >= 4 is 13.7 Å². The van der Waals surface area contributed by atoms with Gasteiger partial charge in [0.2, 0.25) is 5.91 Å². The van der Waals surface area contributed by atoms with E-state index in [1.165, 1.54) is 193 Å². The molecule has 0 heterocycles. The molecule has 0 aliphatic carbocycles. The van der Waals surface area contributed by atoms with Crippen LogP contribution in [0.4, 0.5) is 0 Å². The Hall–Kier alpha value is -2.84. The van der Waals surface area contributed by atoms with E-state index in [2.05, 4.69) is 116 Å². The molecular formula is C73H131N2O6P. The summed E-state index contributed by atoms with van der Waals surface area (Å²) in [5.74, 6) is -0.210. The largest absolute Gasteiger partial charge is 0.756 e. The highest BCUT2D eigenvalue weighted by atomic mass is 31.2. The molecule has 0 aliphatic rings. The number of hydrogen-bond acceptors (Lipinski definition) is 6. The third kappa shape index (κ3) is 64.7. The van der Waals surface area contributed by atoms with Gasteiger partial charge in [0, 0.05) is 6.42 Å². The fourth-order valence-electron chi connectivity index (χ4n) is 9.66. The summed E-state index contributed by atoms with van der Waals surface area (Å²) in [4.78, 5) is 25.6. The molecule has 3 atom stereocenters. The van der Waals surface area contributed by atoms with Crippen molar-refractivity contribution in [3.8, 4) is 0 Å². The Morgan fingerprint density at radius 3 is 1.13 bits per heavy atom. The van der Waals surface area contributed by atoms with Gasteiger partial charge >= 0.3 is 0 Å². The van der Waals surface area contributed by atoms with E-state index in [1.807, 2.05) is 27.2 Å². The number of carbonyl (C=O) groups excluding carboxylic acids is 1. The average Bonchev–Trinajstić information content (AvgIpc) is 3.46. The first kappa shape index (κ1) is 79.2. The first-order chi connectivity index (χ1) is 40.0. The molecule has 0 rings (SSSR count). The summed E-state index contributed by atoms with van der Waals surface area (Å²) >= 11 is 0. The number of hydrogen-bond donors (Lipinski definition) is 2. The molecule has 82 heavy (non-hydrogen) atoms. The van der Waals surface area contributed by atoms with Crippen molar-refractivity contribution in [2.24, 2.45) is 0 Å². The van der Waals surface area contributed by atoms with Crippen LogP contribution in [0.5, 0.6) is 0 Å². The third-order valence-electron chi connectivity index (χ3n) is 14.9. The minimum absolute atomic E-state index is 0.0113. The van der Waals surface area contributed by atoms with E-state index >= 15 is 0 Å². The van der Waals surface area contributed by atoms with Crippen molar-refractivity contribution in [3.05, 3.63) is 109 Å². The monoisotopic (exact) mass is 1160 g/mol. The number of phosphoric ester groups is 1. The van der Waals surface area contributed by atoms with Gasteiger partial charge in [-0.3, -0.25) is 9.36 Å². The lowest BCUT2D eigenvalue weighted by molar-refractivity contribution is -0.870. The van der Waals surface area contributed by atoms with E-state index in [0.29, 0.717) is 17.4 Å². The summed E-state index contributed by atoms with van der Waals surface area (Å²) in [5, 5.41) is 13.9. The zero-order valence-corrected chi connectivity index (χ0v) is 55.1. The molecule has 0 aromatic carbocycles. The van der Waals surface area contributed by atoms with Gasteiger partial charge < -0.3 is 28.8 Å². The summed E-state index contributed by atoms with van der Waals surface area (Å²) < 4.78 is 23.4. The van der Waals surface area contributed by atoms with Crippen LogP contribution in [0.2, 0.25) is 0 Å². The summed E-state index contributed by atoms with van der Waals surface area (Å²) in [6.45, 7) is 4.52. The SMILES string of the molecule is CC/C=C\C/C=C\C/C=C\C/C=C\C/C=C\C/C=C\CCCCCCCCCCCCCCCCCCCCCCC(=O)NC(COP(=O)([O-])OCC[N+](C)(C)C)C(O)/C=C/CC/C=C/CC/C=C/CCCCCCCCCCCCC. The van der Waals surface area contributed by atoms with Gasteiger partial charge in [-0.1, -0.05) is 303 Å². The summed E-state index contributed by atoms with van der Waals surface area (Å²) in [6, 6.07) is -0.915. The highest BCUT2D eigenvalue weighted by molar-refractivity contribution is 7.45. The Morgan fingerprint density at radius 2 is 0.756 bits per heavy atom. The van der Waals surface area contributed by atoms with Gasteiger partial charge in [-0.2, -0.15) is 0 Å². The van der Waals surface area contributed by atoms with Gasteiger partial charge in [0.15, 0.2) is 0 Å². The van der Waals surface area contributed by atoms with Crippen LogP contribution in [0.3, 0.4) is 0 Å². The number of rotatable bonds is 62. The van der Waals surface area contributed by atoms with E-state index < -0.39 is 26.6 Å². The van der Waals surface area contributed by atoms with Gasteiger partial charge in [0.05, 0.1) is 39.9 Å². The maximum Gasteiger partial charge on any atom is 0.268 e. The maximum atomic E-state index is 13.0. The highest BCUT2D eigenvalue weighted by Gasteiger charge is 2.23. The molecule has 0 radical (unpaired) electrons. The van der Waals surface area contributed by atoms with Crippen LogP contribution < -0.4 is 10.2 Å². The number of carbonyl (C=O) groups is 1. The fourth-order valence-corrected chi connectivity index (χ4v) is 10.4. The second kappa shape index (κ2) is 62.7. The van der Waals surface area contributed by atoms with Crippen LogP contribution in [0.15, 0.2) is 109 Å². The molecule has 8 nitrogen and oxygen atoms in total. The Balaban J connectivity index is 4.05. The molecule has 2 N–H and O–H groups in total. The zero-order chi connectivity index (χ0) is 59.8. The standard InChI is InChI=1S/C73H131N2O6P/c1-6-8-10-12-14-16-18-20-22-24-26-28-29-30-31-32-33-34-35-36-37-38-39-40-41-42-43-44-45-47-49-51-53-55-57-59-61-63-65-67-73(77)74-71(70-81-82(78,79)80-69-68-75(3,4)5)72(76)66-64-62-60-58-56-54-52-50-48-46-27-25-23-21-19-17-15-13-11-9-7-2/h8,10,14,16,20,22,26,28,30-31,33-34,48,50,56,58,64,66,71-72,76H,6-7,9,11-13,15,17-19,21,23-25,27,29,32,35-47,49,51-55,57,59-63,65,67-70H2,1-5H3,(H-,74,77,78,79)/b10-8-,16-14-,22-20-,28-26-,31-30-,34-33-,50-48+,58-56+,66-64+. The van der Waals surface area contributed by atoms with Crippen LogP contribution in [0.25, 0.3) is 0 Å². The van der Waals surface area contributed by atoms with Crippen LogP contribution in [0.1, 0.15) is 296 Å². The Morgan fingerprint density at radius 1 is 0.439 bits per heavy atom. The number of quaternary nitrogens is 1. The van der Waals surface area contributed by atoms with Crippen molar-refractivity contribution in [1.82, 2.24) is 5.32 Å². The average molecular weight is 1160 g/mol. The van der Waals surface area contributed by atoms with Gasteiger partial charge in [0.25, 0.3) is 7.82 Å². The van der Waals surface area contributed by atoms with Crippen molar-refractivity contribution in [3.63, 3.8) is 0 Å². The molecule has 474 valence electrons. The Bertz CT molecular complexity index is 1700. The predicted octanol–water partition coefficient (Wildman–Crippen LogP) is 21.2. The second-order valence-corrected chi connectivity index (χ2v) is 25.5. The van der Waals surface area contributed by atoms with Crippen molar-refractivity contribution in [2.75, 3.05) is 40.9 Å². The molecule has 1 amide bonds. The topological polar surface area (TPSA) is 108 Å². The quantitative estimate of drug-likeness (QED) is 0.0272. The predicted molar refractivity (Wildman–Crippen MR) is 357 cm³/mol. The van der Waals surface area contributed by atoms with Crippen LogP contribution in [0, 0.1) is 0 Å². The third-order valence-corrected chi connectivity index (χ3v) is 15.9. The number of phosphoric acid groups is 1. The smallest absolute Gasteiger partial charge is 0.268 e. The lowest BCUT2D eigenvalue weighted by Gasteiger charge is -2.29. The zero-order valence-electron chi connectivity index (χ0n) is 54.2. The second-order valence-electron chi connectivity index (χ2n) is 24.1. The molecule has 0 bridgehead atoms. The molecule has 0 spiro atoms. The lowest BCUT2D eigenvalue weighted by atomic mass is 10.0. The molecule has 0 aromatic rings. The van der Waals surface area contributed by atoms with Gasteiger partial charge in [-0.15, -0.1) is 0 Å². The van der Waals surface area contributed by atoms with E-state index in [9.17, 15) is 19.4 Å². The number of unbranched alkanes of at least 4 members (excludes halogenated alkanes) is 33. The van der Waals surface area contributed by atoms with Gasteiger partial charge in [-0.05, 0) is 96.3 Å². The first-order valence-corrected chi connectivity index (χ1v) is 35.7. The van der Waals surface area contributed by atoms with E-state index in [-0.39, 0.29) is 12.5 Å². The maximum absolute atomic E-state index is 13.0. The molecule has 0 saturated heterocycles. The van der Waals surface area contributed by atoms with Crippen LogP contribution in [-0.2, 0) is 18.4 Å². The lowest BCUT2D eigenvalue weighted by Crippen LogP contribution is -2.45. The van der Waals surface area contributed by atoms with Crippen molar-refractivity contribution in [2.45, 2.75) is 309 Å². The summed E-state index contributed by atoms with van der Waals surface area (Å²) in [5.41, 5.74) is 0. The molecule has 0 saturated carbocycles. The number of likely N-dealkylation sites (N-methyl/N-ethyl adjacent to an activating group) is 1. The highest BCUT2D eigenvalue weighted by Crippen LogP contribution is 2.38. The van der Waals surface area contributed by atoms with E-state index in [0.717, 1.165) is 83.5 Å². The minimum atomic E-state index is -4.62. The van der Waals surface area contributed by atoms with Gasteiger partial charge in [-0.25, -0.2) is 0 Å². The number of aliphatic hydroxyl groups is 1. The fraction of sp³-hybridized carbons (Fsp3) is 0.740. The van der Waals surface area contributed by atoms with Crippen molar-refractivity contribution < 1.29 is 32.9 Å². The molecule has 0 aliphatic heterocycles. The molecule has 0 fully saturated rings. The number of nitrogens with one attached hydrogen (secondary N) is 1. The van der Waals surface area contributed by atoms with Crippen molar-refractivity contribution in [1.29, 1.82) is 0 Å². The normalized spacial score (nSPS) is 14.4. The number of nitrogens with zero attached hydrogens (tertiary/aromatic N) is 1. The number of allylic oxidation sites excluding steroid dienone is 17. The Labute approximate surface area is 508 Å². The molecule has 0 aromatic heterocycles. The van der Waals surface area contributed by atoms with Crippen LogP contribution in [-0.4, -0.2) is 68.5 Å². The first-order valence-electron chi connectivity index (χ1n) is 34.2. The number of amides is 1. The summed E-state index contributed by atoms with van der Waals surface area (Å²) in [6.07, 6.45) is 92.1. The molecule has 3 unspecified atom stereocenters. The minimum Gasteiger partial charge on any atom is -0.756 e. The Kier molecular flexibility index (Phi) is 60.5. The van der Waals surface area contributed by atoms with E-state index in [4.69, 9.17) is 9.05 Å². The number of aliphatic hydroxyl groups excluding tert-OH is 1. The van der Waals surface area contributed by atoms with E-state index in [1.54, 1.807) is 6.08 Å². The molecular weight excluding hydrogens is 1030 g/mol. The molecule has 9 heteroatoms. The summed E-state index contributed by atoms with van der Waals surface area (Å²) in [7, 11) is 1.24.